The second-order valence-electron chi connectivity index (χ2n) is 5.67. The largest absolute Gasteiger partial charge is 0.496 e. The third kappa shape index (κ3) is 3.08. The first-order valence-corrected chi connectivity index (χ1v) is 7.32. The zero-order valence-electron chi connectivity index (χ0n) is 12.5. The molecule has 2 bridgehead atoms. The van der Waals surface area contributed by atoms with Crippen molar-refractivity contribution in [3.05, 3.63) is 23.8 Å². The van der Waals surface area contributed by atoms with E-state index >= 15 is 0 Å². The summed E-state index contributed by atoms with van der Waals surface area (Å²) < 4.78 is 48.7. The molecule has 2 aliphatic heterocycles. The molecule has 0 unspecified atom stereocenters. The quantitative estimate of drug-likeness (QED) is 0.906. The van der Waals surface area contributed by atoms with Crippen LogP contribution in [0, 0.1) is 0 Å². The molecule has 23 heavy (non-hydrogen) atoms. The molecule has 2 amide bonds. The number of nitrogens with zero attached hydrogens (tertiary/aromatic N) is 1. The highest BCUT2D eigenvalue weighted by molar-refractivity contribution is 5.90. The van der Waals surface area contributed by atoms with Gasteiger partial charge in [0.15, 0.2) is 0 Å². The molecule has 0 aromatic heterocycles. The average molecular weight is 330 g/mol. The Hall–Kier alpha value is -1.96. The summed E-state index contributed by atoms with van der Waals surface area (Å²) in [5.41, 5.74) is -0.602. The summed E-state index contributed by atoms with van der Waals surface area (Å²) in [6.07, 6.45) is -2.74. The number of benzene rings is 1. The lowest BCUT2D eigenvalue weighted by Crippen LogP contribution is -2.50. The van der Waals surface area contributed by atoms with E-state index in [1.807, 2.05) is 0 Å². The van der Waals surface area contributed by atoms with Crippen LogP contribution in [0.15, 0.2) is 18.2 Å². The van der Waals surface area contributed by atoms with Gasteiger partial charge in [0.25, 0.3) is 0 Å². The van der Waals surface area contributed by atoms with Crippen molar-refractivity contribution in [1.82, 2.24) is 4.90 Å². The second kappa shape index (κ2) is 5.92. The Kier molecular flexibility index (Phi) is 4.09. The Morgan fingerprint density at radius 3 is 2.52 bits per heavy atom. The van der Waals surface area contributed by atoms with Crippen LogP contribution in [0.4, 0.5) is 23.7 Å². The van der Waals surface area contributed by atoms with E-state index in [1.165, 1.54) is 19.2 Å². The van der Waals surface area contributed by atoms with E-state index in [-0.39, 0.29) is 29.6 Å². The van der Waals surface area contributed by atoms with Crippen LogP contribution in [0.3, 0.4) is 0 Å². The third-order valence-corrected chi connectivity index (χ3v) is 4.23. The molecule has 0 radical (unpaired) electrons. The number of fused-ring (bicyclic) bond motifs is 2. The van der Waals surface area contributed by atoms with Gasteiger partial charge in [0.1, 0.15) is 5.75 Å². The van der Waals surface area contributed by atoms with Crippen LogP contribution in [0.1, 0.15) is 18.4 Å². The molecule has 3 rings (SSSR count). The molecule has 0 aliphatic carbocycles. The number of ether oxygens (including phenoxy) is 2. The first-order valence-electron chi connectivity index (χ1n) is 7.32. The fraction of sp³-hybridized carbons (Fsp3) is 0.533. The summed E-state index contributed by atoms with van der Waals surface area (Å²) in [5, 5.41) is 2.65. The van der Waals surface area contributed by atoms with Gasteiger partial charge in [-0.3, -0.25) is 0 Å². The van der Waals surface area contributed by atoms with Crippen LogP contribution >= 0.6 is 0 Å². The molecule has 8 heteroatoms. The van der Waals surface area contributed by atoms with Crippen LogP contribution in [0.2, 0.25) is 0 Å². The Bertz CT molecular complexity index is 590. The Balaban J connectivity index is 1.76. The molecule has 126 valence electrons. The van der Waals surface area contributed by atoms with Gasteiger partial charge in [-0.05, 0) is 25.0 Å². The Morgan fingerprint density at radius 2 is 1.96 bits per heavy atom. The number of anilines is 1. The summed E-state index contributed by atoms with van der Waals surface area (Å²) in [4.78, 5) is 14.1. The van der Waals surface area contributed by atoms with Gasteiger partial charge in [0.05, 0.1) is 38.0 Å². The molecule has 1 aromatic rings. The molecule has 2 saturated heterocycles. The molecule has 2 heterocycles. The van der Waals surface area contributed by atoms with Crippen molar-refractivity contribution in [2.45, 2.75) is 31.1 Å². The highest BCUT2D eigenvalue weighted by Crippen LogP contribution is 2.37. The first-order chi connectivity index (χ1) is 10.9. The molecule has 5 nitrogen and oxygen atoms in total. The van der Waals surface area contributed by atoms with Crippen LogP contribution < -0.4 is 10.1 Å². The lowest BCUT2D eigenvalue weighted by molar-refractivity contribution is -0.138. The van der Waals surface area contributed by atoms with E-state index in [1.54, 1.807) is 4.90 Å². The smallest absolute Gasteiger partial charge is 0.419 e. The minimum Gasteiger partial charge on any atom is -0.496 e. The molecule has 0 saturated carbocycles. The molecule has 2 aliphatic rings. The lowest BCUT2D eigenvalue weighted by Gasteiger charge is -2.34. The SMILES string of the molecule is COc1cc(NC(=O)N2[C@H]3CC[C@H]2COC3)ccc1C(F)(F)F. The lowest BCUT2D eigenvalue weighted by atomic mass is 10.1. The Morgan fingerprint density at radius 1 is 1.30 bits per heavy atom. The summed E-state index contributed by atoms with van der Waals surface area (Å²) in [7, 11) is 1.17. The minimum atomic E-state index is -4.50. The summed E-state index contributed by atoms with van der Waals surface area (Å²) >= 11 is 0. The summed E-state index contributed by atoms with van der Waals surface area (Å²) in [6, 6.07) is 3.06. The van der Waals surface area contributed by atoms with Crippen LogP contribution in [-0.2, 0) is 10.9 Å². The standard InChI is InChI=1S/C15H17F3N2O3/c1-22-13-6-9(2-5-12(13)15(16,17)18)19-14(21)20-10-3-4-11(20)8-23-7-10/h2,5-6,10-11H,3-4,7-8H2,1H3,(H,19,21)/t10-,11-/m0/s1. The van der Waals surface area contributed by atoms with Gasteiger partial charge in [-0.2, -0.15) is 13.2 Å². The number of morpholine rings is 1. The monoisotopic (exact) mass is 330 g/mol. The second-order valence-corrected chi connectivity index (χ2v) is 5.67. The van der Waals surface area contributed by atoms with Gasteiger partial charge >= 0.3 is 12.2 Å². The van der Waals surface area contributed by atoms with Crippen molar-refractivity contribution in [1.29, 1.82) is 0 Å². The average Bonchev–Trinajstić information content (AvgIpc) is 2.75. The van der Waals surface area contributed by atoms with Gasteiger partial charge < -0.3 is 19.7 Å². The summed E-state index contributed by atoms with van der Waals surface area (Å²) in [5.74, 6) is -0.319. The van der Waals surface area contributed by atoms with Gasteiger partial charge in [-0.15, -0.1) is 0 Å². The maximum Gasteiger partial charge on any atom is 0.419 e. The first kappa shape index (κ1) is 15.9. The molecule has 2 fully saturated rings. The number of rotatable bonds is 2. The fourth-order valence-electron chi connectivity index (χ4n) is 3.15. The number of nitrogens with one attached hydrogen (secondary N) is 1. The number of amides is 2. The van der Waals surface area contributed by atoms with Crippen molar-refractivity contribution in [3.8, 4) is 5.75 Å². The number of hydrogen-bond acceptors (Lipinski definition) is 3. The van der Waals surface area contributed by atoms with E-state index in [9.17, 15) is 18.0 Å². The van der Waals surface area contributed by atoms with Crippen molar-refractivity contribution < 1.29 is 27.4 Å². The topological polar surface area (TPSA) is 50.8 Å². The number of carbonyl (C=O) groups is 1. The highest BCUT2D eigenvalue weighted by Gasteiger charge is 2.40. The molecular formula is C15H17F3N2O3. The van der Waals surface area contributed by atoms with Crippen LogP contribution in [-0.4, -0.2) is 43.3 Å². The van der Waals surface area contributed by atoms with Crippen molar-refractivity contribution in [3.63, 3.8) is 0 Å². The van der Waals surface area contributed by atoms with Crippen LogP contribution in [0.5, 0.6) is 5.75 Å². The molecule has 0 spiro atoms. The maximum atomic E-state index is 12.8. The van der Waals surface area contributed by atoms with Crippen molar-refractivity contribution >= 4 is 11.7 Å². The number of methoxy groups -OCH3 is 1. The predicted octanol–water partition coefficient (Wildman–Crippen LogP) is 3.11. The maximum absolute atomic E-state index is 12.8. The van der Waals surface area contributed by atoms with Gasteiger partial charge in [0.2, 0.25) is 0 Å². The molecule has 1 N–H and O–H groups in total. The minimum absolute atomic E-state index is 0.0325. The Labute approximate surface area is 131 Å². The van der Waals surface area contributed by atoms with Crippen LogP contribution in [0.25, 0.3) is 0 Å². The zero-order chi connectivity index (χ0) is 16.6. The number of hydrogen-bond donors (Lipinski definition) is 1. The molecular weight excluding hydrogens is 313 g/mol. The number of halogens is 3. The fourth-order valence-corrected chi connectivity index (χ4v) is 3.15. The normalized spacial score (nSPS) is 23.7. The van der Waals surface area contributed by atoms with Gasteiger partial charge in [0, 0.05) is 11.8 Å². The number of urea groups is 1. The molecule has 1 aromatic carbocycles. The van der Waals surface area contributed by atoms with Crippen molar-refractivity contribution in [2.75, 3.05) is 25.6 Å². The van der Waals surface area contributed by atoms with E-state index in [2.05, 4.69) is 5.32 Å². The van der Waals surface area contributed by atoms with Gasteiger partial charge in [-0.1, -0.05) is 0 Å². The van der Waals surface area contributed by atoms with E-state index in [4.69, 9.17) is 9.47 Å². The predicted molar refractivity (Wildman–Crippen MR) is 76.5 cm³/mol. The third-order valence-electron chi connectivity index (χ3n) is 4.23. The summed E-state index contributed by atoms with van der Waals surface area (Å²) in [6.45, 7) is 1.00. The number of alkyl halides is 3. The van der Waals surface area contributed by atoms with Crippen molar-refractivity contribution in [2.24, 2.45) is 0 Å². The molecule has 2 atom stereocenters. The van der Waals surface area contributed by atoms with E-state index < -0.39 is 11.7 Å². The number of carbonyl (C=O) groups excluding carboxylic acids is 1. The highest BCUT2D eigenvalue weighted by atomic mass is 19.4. The van der Waals surface area contributed by atoms with Gasteiger partial charge in [-0.25, -0.2) is 4.79 Å². The van der Waals surface area contributed by atoms with E-state index in [0.29, 0.717) is 13.2 Å². The zero-order valence-corrected chi connectivity index (χ0v) is 12.5. The van der Waals surface area contributed by atoms with E-state index in [0.717, 1.165) is 18.9 Å².